The Morgan fingerprint density at radius 3 is 2.56 bits per heavy atom. The standard InChI is InChI=1S/C10H18N2O5S/c1-7(13)12-9(10(14)17-2)5-11-8-3-4-18(15,16)6-8/h8-9,11H,3-6H2,1-2H3,(H,12,13). The van der Waals surface area contributed by atoms with Gasteiger partial charge in [-0.05, 0) is 6.42 Å². The second-order valence-electron chi connectivity index (χ2n) is 4.28. The first-order chi connectivity index (χ1) is 8.34. The zero-order chi connectivity index (χ0) is 13.8. The van der Waals surface area contributed by atoms with Gasteiger partial charge in [0.1, 0.15) is 6.04 Å². The van der Waals surface area contributed by atoms with Crippen molar-refractivity contribution >= 4 is 21.7 Å². The Morgan fingerprint density at radius 2 is 2.11 bits per heavy atom. The van der Waals surface area contributed by atoms with Gasteiger partial charge in [0.25, 0.3) is 0 Å². The summed E-state index contributed by atoms with van der Waals surface area (Å²) in [6.45, 7) is 1.46. The number of nitrogens with one attached hydrogen (secondary N) is 2. The maximum absolute atomic E-state index is 11.4. The second-order valence-corrected chi connectivity index (χ2v) is 6.51. The van der Waals surface area contributed by atoms with Gasteiger partial charge in [0, 0.05) is 19.5 Å². The van der Waals surface area contributed by atoms with Crippen molar-refractivity contribution in [1.29, 1.82) is 0 Å². The quantitative estimate of drug-likeness (QED) is 0.590. The fraction of sp³-hybridized carbons (Fsp3) is 0.800. The maximum Gasteiger partial charge on any atom is 0.329 e. The molecular weight excluding hydrogens is 260 g/mol. The van der Waals surface area contributed by atoms with Crippen molar-refractivity contribution in [2.75, 3.05) is 25.2 Å². The Labute approximate surface area is 106 Å². The highest BCUT2D eigenvalue weighted by molar-refractivity contribution is 7.91. The molecule has 18 heavy (non-hydrogen) atoms. The summed E-state index contributed by atoms with van der Waals surface area (Å²) in [6, 6.07) is -0.966. The van der Waals surface area contributed by atoms with Gasteiger partial charge in [-0.3, -0.25) is 4.79 Å². The maximum atomic E-state index is 11.4. The third kappa shape index (κ3) is 4.61. The van der Waals surface area contributed by atoms with Crippen LogP contribution in [0.4, 0.5) is 0 Å². The minimum absolute atomic E-state index is 0.0704. The van der Waals surface area contributed by atoms with E-state index in [2.05, 4.69) is 15.4 Å². The first-order valence-corrected chi connectivity index (χ1v) is 7.45. The molecule has 1 amide bonds. The van der Waals surface area contributed by atoms with Crippen LogP contribution >= 0.6 is 0 Å². The van der Waals surface area contributed by atoms with E-state index in [1.54, 1.807) is 0 Å². The molecule has 104 valence electrons. The molecular formula is C10H18N2O5S. The fourth-order valence-electron chi connectivity index (χ4n) is 1.82. The smallest absolute Gasteiger partial charge is 0.329 e. The van der Waals surface area contributed by atoms with Crippen molar-refractivity contribution in [3.05, 3.63) is 0 Å². The van der Waals surface area contributed by atoms with Gasteiger partial charge in [0.05, 0.1) is 18.6 Å². The van der Waals surface area contributed by atoms with Gasteiger partial charge in [0.15, 0.2) is 9.84 Å². The van der Waals surface area contributed by atoms with E-state index in [0.29, 0.717) is 6.42 Å². The molecule has 0 aromatic heterocycles. The number of hydrogen-bond donors (Lipinski definition) is 2. The summed E-state index contributed by atoms with van der Waals surface area (Å²) >= 11 is 0. The summed E-state index contributed by atoms with van der Waals surface area (Å²) in [5.41, 5.74) is 0. The van der Waals surface area contributed by atoms with Crippen LogP contribution in [-0.4, -0.2) is 57.5 Å². The number of rotatable bonds is 5. The van der Waals surface area contributed by atoms with Gasteiger partial charge < -0.3 is 15.4 Å². The molecule has 0 radical (unpaired) electrons. The van der Waals surface area contributed by atoms with Gasteiger partial charge in [-0.2, -0.15) is 0 Å². The van der Waals surface area contributed by atoms with Crippen molar-refractivity contribution < 1.29 is 22.7 Å². The van der Waals surface area contributed by atoms with Crippen molar-refractivity contribution in [3.8, 4) is 0 Å². The number of esters is 1. The summed E-state index contributed by atoms with van der Waals surface area (Å²) in [5, 5.41) is 5.41. The fourth-order valence-corrected chi connectivity index (χ4v) is 3.53. The van der Waals surface area contributed by atoms with Crippen molar-refractivity contribution in [2.45, 2.75) is 25.4 Å². The second kappa shape index (κ2) is 6.14. The van der Waals surface area contributed by atoms with Gasteiger partial charge in [-0.25, -0.2) is 13.2 Å². The Morgan fingerprint density at radius 1 is 1.44 bits per heavy atom. The molecule has 8 heteroatoms. The lowest BCUT2D eigenvalue weighted by Gasteiger charge is -2.18. The third-order valence-corrected chi connectivity index (χ3v) is 4.47. The molecule has 0 saturated carbocycles. The highest BCUT2D eigenvalue weighted by Gasteiger charge is 2.29. The van der Waals surface area contributed by atoms with Gasteiger partial charge in [0.2, 0.25) is 5.91 Å². The monoisotopic (exact) mass is 278 g/mol. The Hall–Kier alpha value is -1.15. The molecule has 1 heterocycles. The van der Waals surface area contributed by atoms with Crippen LogP contribution in [0.1, 0.15) is 13.3 Å². The van der Waals surface area contributed by atoms with E-state index < -0.39 is 21.8 Å². The first kappa shape index (κ1) is 14.9. The van der Waals surface area contributed by atoms with E-state index in [9.17, 15) is 18.0 Å². The van der Waals surface area contributed by atoms with E-state index in [-0.39, 0.29) is 30.0 Å². The zero-order valence-corrected chi connectivity index (χ0v) is 11.2. The predicted octanol–water partition coefficient (Wildman–Crippen LogP) is -1.56. The van der Waals surface area contributed by atoms with Gasteiger partial charge in [-0.1, -0.05) is 0 Å². The number of carbonyl (C=O) groups is 2. The minimum Gasteiger partial charge on any atom is -0.467 e. The molecule has 0 aromatic carbocycles. The van der Waals surface area contributed by atoms with Crippen LogP contribution in [0.5, 0.6) is 0 Å². The van der Waals surface area contributed by atoms with Gasteiger partial charge in [-0.15, -0.1) is 0 Å². The Balaban J connectivity index is 2.47. The molecule has 0 spiro atoms. The lowest BCUT2D eigenvalue weighted by molar-refractivity contribution is -0.144. The molecule has 1 aliphatic rings. The summed E-state index contributed by atoms with van der Waals surface area (Å²) < 4.78 is 27.1. The van der Waals surface area contributed by atoms with Crippen LogP contribution < -0.4 is 10.6 Å². The molecule has 2 unspecified atom stereocenters. The highest BCUT2D eigenvalue weighted by Crippen LogP contribution is 2.11. The molecule has 1 fully saturated rings. The Kier molecular flexibility index (Phi) is 5.09. The molecule has 1 aliphatic heterocycles. The van der Waals surface area contributed by atoms with Crippen LogP contribution in [0, 0.1) is 0 Å². The van der Waals surface area contributed by atoms with Crippen LogP contribution in [0.25, 0.3) is 0 Å². The number of ether oxygens (including phenoxy) is 1. The number of methoxy groups -OCH3 is 1. The molecule has 2 atom stereocenters. The summed E-state index contributed by atoms with van der Waals surface area (Å²) in [7, 11) is -1.72. The number of carbonyl (C=O) groups excluding carboxylic acids is 2. The Bertz CT molecular complexity index is 420. The lowest BCUT2D eigenvalue weighted by Crippen LogP contribution is -2.49. The normalized spacial score (nSPS) is 23.3. The molecule has 2 N–H and O–H groups in total. The van der Waals surface area contributed by atoms with E-state index >= 15 is 0 Å². The van der Waals surface area contributed by atoms with Crippen molar-refractivity contribution in [1.82, 2.24) is 10.6 Å². The van der Waals surface area contributed by atoms with E-state index in [4.69, 9.17) is 0 Å². The molecule has 0 aromatic rings. The summed E-state index contributed by atoms with van der Waals surface area (Å²) in [5.74, 6) is -0.668. The molecule has 1 rings (SSSR count). The number of amides is 1. The highest BCUT2D eigenvalue weighted by atomic mass is 32.2. The van der Waals surface area contributed by atoms with Crippen LogP contribution in [0.15, 0.2) is 0 Å². The topological polar surface area (TPSA) is 102 Å². The minimum atomic E-state index is -2.96. The molecule has 7 nitrogen and oxygen atoms in total. The zero-order valence-electron chi connectivity index (χ0n) is 10.4. The molecule has 0 bridgehead atoms. The SMILES string of the molecule is COC(=O)C(CNC1CCS(=O)(=O)C1)NC(C)=O. The van der Waals surface area contributed by atoms with Crippen LogP contribution in [-0.2, 0) is 24.2 Å². The molecule has 0 aliphatic carbocycles. The summed E-state index contributed by atoms with van der Waals surface area (Å²) in [4.78, 5) is 22.3. The largest absolute Gasteiger partial charge is 0.467 e. The van der Waals surface area contributed by atoms with E-state index in [0.717, 1.165) is 0 Å². The lowest BCUT2D eigenvalue weighted by atomic mass is 10.2. The van der Waals surface area contributed by atoms with Crippen LogP contribution in [0.2, 0.25) is 0 Å². The third-order valence-electron chi connectivity index (χ3n) is 2.71. The summed E-state index contributed by atoms with van der Waals surface area (Å²) in [6.07, 6.45) is 0.524. The van der Waals surface area contributed by atoms with Crippen molar-refractivity contribution in [3.63, 3.8) is 0 Å². The van der Waals surface area contributed by atoms with Crippen LogP contribution in [0.3, 0.4) is 0 Å². The van der Waals surface area contributed by atoms with Gasteiger partial charge >= 0.3 is 5.97 Å². The number of sulfone groups is 1. The molecule has 1 saturated heterocycles. The van der Waals surface area contributed by atoms with E-state index in [1.807, 2.05) is 0 Å². The van der Waals surface area contributed by atoms with Crippen molar-refractivity contribution in [2.24, 2.45) is 0 Å². The number of hydrogen-bond acceptors (Lipinski definition) is 6. The predicted molar refractivity (Wildman–Crippen MR) is 64.7 cm³/mol. The van der Waals surface area contributed by atoms with E-state index in [1.165, 1.54) is 14.0 Å². The average Bonchev–Trinajstić information content (AvgIpc) is 2.62. The first-order valence-electron chi connectivity index (χ1n) is 5.63. The average molecular weight is 278 g/mol.